The molecule has 0 saturated carbocycles. The first-order chi connectivity index (χ1) is 15.5. The summed E-state index contributed by atoms with van der Waals surface area (Å²) in [5.74, 6) is 0.523. The third-order valence-electron chi connectivity index (χ3n) is 5.52. The van der Waals surface area contributed by atoms with Crippen molar-refractivity contribution in [2.24, 2.45) is 0 Å². The van der Waals surface area contributed by atoms with Gasteiger partial charge in [-0.05, 0) is 37.6 Å². The van der Waals surface area contributed by atoms with E-state index in [0.29, 0.717) is 31.3 Å². The highest BCUT2D eigenvalue weighted by molar-refractivity contribution is 5.88. The third-order valence-corrected chi connectivity index (χ3v) is 5.52. The van der Waals surface area contributed by atoms with Crippen LogP contribution in [0.1, 0.15) is 11.4 Å². The van der Waals surface area contributed by atoms with Crippen molar-refractivity contribution in [1.82, 2.24) is 29.3 Å². The molecule has 4 heterocycles. The largest absolute Gasteiger partial charge is 0.278 e. The van der Waals surface area contributed by atoms with Gasteiger partial charge in [-0.1, -0.05) is 30.3 Å². The molecule has 1 aromatic carbocycles. The lowest BCUT2D eigenvalue weighted by Gasteiger charge is -2.24. The van der Waals surface area contributed by atoms with Crippen LogP contribution in [0.4, 0.5) is 5.82 Å². The van der Waals surface area contributed by atoms with Crippen LogP contribution in [-0.2, 0) is 13.2 Å². The van der Waals surface area contributed by atoms with E-state index in [-0.39, 0.29) is 5.62 Å². The van der Waals surface area contributed by atoms with Gasteiger partial charge >= 0.3 is 0 Å². The van der Waals surface area contributed by atoms with Crippen molar-refractivity contribution in [3.8, 4) is 22.4 Å². The van der Waals surface area contributed by atoms with Crippen LogP contribution in [0, 0.1) is 19.3 Å². The number of fused-ring (bicyclic) bond motifs is 1. The zero-order chi connectivity index (χ0) is 22.2. The minimum Gasteiger partial charge on any atom is -0.278 e. The fourth-order valence-corrected chi connectivity index (χ4v) is 4.13. The van der Waals surface area contributed by atoms with Crippen LogP contribution in [0.15, 0.2) is 60.9 Å². The number of hydrogen-bond acceptors (Lipinski definition) is 7. The number of aryl methyl sites for hydroxylation is 2. The van der Waals surface area contributed by atoms with Crippen LogP contribution in [0.5, 0.6) is 0 Å². The Bertz CT molecular complexity index is 1290. The van der Waals surface area contributed by atoms with Crippen molar-refractivity contribution in [3.63, 3.8) is 0 Å². The van der Waals surface area contributed by atoms with Crippen LogP contribution in [-0.4, -0.2) is 41.1 Å². The molecule has 2 N–H and O–H groups in total. The fraction of sp³-hybridized carbons (Fsp3) is 0.217. The molecule has 9 heteroatoms. The highest BCUT2D eigenvalue weighted by Crippen LogP contribution is 2.40. The summed E-state index contributed by atoms with van der Waals surface area (Å²) in [6.45, 7) is 5.35. The summed E-state index contributed by atoms with van der Waals surface area (Å²) in [6.07, 6.45) is 3.62. The van der Waals surface area contributed by atoms with Crippen molar-refractivity contribution in [2.75, 3.05) is 11.7 Å². The Hall–Kier alpha value is -3.82. The van der Waals surface area contributed by atoms with Crippen LogP contribution < -0.4 is 10.8 Å². The van der Waals surface area contributed by atoms with Crippen molar-refractivity contribution >= 4 is 5.82 Å². The van der Waals surface area contributed by atoms with E-state index in [0.717, 1.165) is 33.3 Å². The van der Waals surface area contributed by atoms with Gasteiger partial charge in [0, 0.05) is 35.9 Å². The zero-order valence-corrected chi connectivity index (χ0v) is 18.0. The second-order valence-electron chi connectivity index (χ2n) is 7.85. The van der Waals surface area contributed by atoms with Gasteiger partial charge in [-0.25, -0.2) is 4.98 Å². The number of nitrogens with zero attached hydrogens (tertiary/aromatic N) is 7. The van der Waals surface area contributed by atoms with Gasteiger partial charge in [0.1, 0.15) is 6.67 Å². The molecule has 0 unspecified atom stereocenters. The molecule has 0 spiro atoms. The summed E-state index contributed by atoms with van der Waals surface area (Å²) in [5, 5.41) is 27.0. The molecule has 9 nitrogen and oxygen atoms in total. The average Bonchev–Trinajstić information content (AvgIpc) is 3.41. The van der Waals surface area contributed by atoms with Crippen molar-refractivity contribution in [1.29, 1.82) is 5.41 Å². The van der Waals surface area contributed by atoms with Gasteiger partial charge in [0.15, 0.2) is 5.82 Å². The number of rotatable bonds is 5. The van der Waals surface area contributed by atoms with Crippen molar-refractivity contribution < 1.29 is 5.21 Å². The Morgan fingerprint density at radius 1 is 0.969 bits per heavy atom. The summed E-state index contributed by atoms with van der Waals surface area (Å²) < 4.78 is 3.53. The maximum atomic E-state index is 11.2. The Morgan fingerprint density at radius 2 is 1.72 bits per heavy atom. The normalized spacial score (nSPS) is 13.5. The van der Waals surface area contributed by atoms with Gasteiger partial charge in [0.2, 0.25) is 5.62 Å². The maximum absolute atomic E-state index is 11.2. The zero-order valence-electron chi connectivity index (χ0n) is 18.0. The molecule has 0 radical (unpaired) electrons. The number of pyridine rings is 1. The fourth-order valence-electron chi connectivity index (χ4n) is 4.13. The number of benzene rings is 1. The molecule has 32 heavy (non-hydrogen) atoms. The number of anilines is 1. The molecule has 162 valence electrons. The third kappa shape index (κ3) is 3.57. The lowest BCUT2D eigenvalue weighted by Crippen LogP contribution is -2.37. The van der Waals surface area contributed by atoms with Gasteiger partial charge in [-0.3, -0.25) is 24.8 Å². The van der Waals surface area contributed by atoms with Crippen LogP contribution >= 0.6 is 0 Å². The summed E-state index contributed by atoms with van der Waals surface area (Å²) in [5.41, 5.74) is 5.06. The first-order valence-corrected chi connectivity index (χ1v) is 10.4. The van der Waals surface area contributed by atoms with E-state index in [1.165, 1.54) is 0 Å². The van der Waals surface area contributed by atoms with E-state index >= 15 is 0 Å². The monoisotopic (exact) mass is 428 g/mol. The molecule has 0 atom stereocenters. The summed E-state index contributed by atoms with van der Waals surface area (Å²) in [6, 6.07) is 15.6. The quantitative estimate of drug-likeness (QED) is 0.507. The van der Waals surface area contributed by atoms with Crippen molar-refractivity contribution in [2.45, 2.75) is 27.1 Å². The van der Waals surface area contributed by atoms with E-state index in [1.54, 1.807) is 15.8 Å². The smallest absolute Gasteiger partial charge is 0.225 e. The Kier molecular flexibility index (Phi) is 5.04. The minimum atomic E-state index is 0.0887. The Labute approximate surface area is 185 Å². The first kappa shape index (κ1) is 20.1. The van der Waals surface area contributed by atoms with Crippen LogP contribution in [0.25, 0.3) is 22.4 Å². The lowest BCUT2D eigenvalue weighted by atomic mass is 9.99. The number of aromatic nitrogens is 5. The van der Waals surface area contributed by atoms with E-state index in [4.69, 9.17) is 5.41 Å². The molecule has 0 fully saturated rings. The second kappa shape index (κ2) is 8.03. The molecule has 4 aromatic rings. The van der Waals surface area contributed by atoms with Gasteiger partial charge in [0.25, 0.3) is 0 Å². The van der Waals surface area contributed by atoms with E-state index in [1.807, 2.05) is 73.3 Å². The molecule has 3 aromatic heterocycles. The highest BCUT2D eigenvalue weighted by atomic mass is 16.6. The van der Waals surface area contributed by atoms with Gasteiger partial charge < -0.3 is 0 Å². The topological polar surface area (TPSA) is 99.1 Å². The van der Waals surface area contributed by atoms with Crippen molar-refractivity contribution in [3.05, 3.63) is 77.9 Å². The minimum absolute atomic E-state index is 0.0887. The standard InChI is InChI=1S/C23H24N8O/c1-16-13-19(14-17(2)26-16)20-21(18-7-4-3-5-8-18)27-23(24)30-15-29(31(32)22(20)30)12-11-28-10-6-9-25-28/h3-10,13-14,24,32H,11-12,15H2,1-2H3. The molecule has 0 saturated heterocycles. The van der Waals surface area contributed by atoms with E-state index in [2.05, 4.69) is 15.1 Å². The van der Waals surface area contributed by atoms with Crippen LogP contribution in [0.2, 0.25) is 0 Å². The SMILES string of the molecule is Cc1cc(-c2c(-c3ccccc3)nc(=N)n3c2N(O)N(CCn2cccn2)C3)cc(C)n1. The maximum Gasteiger partial charge on any atom is 0.225 e. The molecular weight excluding hydrogens is 404 g/mol. The summed E-state index contributed by atoms with van der Waals surface area (Å²) in [4.78, 5) is 9.16. The molecule has 0 aliphatic carbocycles. The predicted octanol–water partition coefficient (Wildman–Crippen LogP) is 2.99. The predicted molar refractivity (Wildman–Crippen MR) is 119 cm³/mol. The molecule has 0 amide bonds. The average molecular weight is 429 g/mol. The Balaban J connectivity index is 1.66. The highest BCUT2D eigenvalue weighted by Gasteiger charge is 2.32. The number of hydrazine groups is 1. The molecule has 5 rings (SSSR count). The molecular formula is C23H24N8O. The molecule has 1 aliphatic rings. The summed E-state index contributed by atoms with van der Waals surface area (Å²) >= 11 is 0. The number of hydrogen-bond donors (Lipinski definition) is 2. The van der Waals surface area contributed by atoms with E-state index in [9.17, 15) is 5.21 Å². The lowest BCUT2D eigenvalue weighted by molar-refractivity contribution is 0.0651. The Morgan fingerprint density at radius 3 is 2.41 bits per heavy atom. The molecule has 0 bridgehead atoms. The van der Waals surface area contributed by atoms with Crippen LogP contribution in [0.3, 0.4) is 0 Å². The van der Waals surface area contributed by atoms with E-state index < -0.39 is 0 Å². The number of nitrogens with one attached hydrogen (secondary N) is 1. The second-order valence-corrected chi connectivity index (χ2v) is 7.85. The van der Waals surface area contributed by atoms with Gasteiger partial charge in [-0.2, -0.15) is 15.3 Å². The van der Waals surface area contributed by atoms with Gasteiger partial charge in [-0.15, -0.1) is 0 Å². The molecule has 1 aliphatic heterocycles. The summed E-state index contributed by atoms with van der Waals surface area (Å²) in [7, 11) is 0. The first-order valence-electron chi connectivity index (χ1n) is 10.4. The van der Waals surface area contributed by atoms with Gasteiger partial charge in [0.05, 0.1) is 17.8 Å².